The number of piperazine rings is 1. The molecule has 0 aromatic rings. The average molecular weight is 297 g/mol. The van der Waals surface area contributed by atoms with Crippen molar-refractivity contribution in [3.8, 4) is 0 Å². The Morgan fingerprint density at radius 3 is 2.00 bits per heavy atom. The summed E-state index contributed by atoms with van der Waals surface area (Å²) in [5.41, 5.74) is 0. The fourth-order valence-corrected chi connectivity index (χ4v) is 2.19. The van der Waals surface area contributed by atoms with Crippen LogP contribution in [0.2, 0.25) is 0 Å². The first-order valence-electron chi connectivity index (χ1n) is 7.14. The molecule has 7 heteroatoms. The molecule has 1 heterocycles. The van der Waals surface area contributed by atoms with Crippen molar-refractivity contribution in [3.63, 3.8) is 0 Å². The predicted octanol–water partition coefficient (Wildman–Crippen LogP) is -0.795. The molecule has 0 spiro atoms. The molecule has 1 aliphatic heterocycles. The third-order valence-corrected chi connectivity index (χ3v) is 3.28. The summed E-state index contributed by atoms with van der Waals surface area (Å²) in [5, 5.41) is 2.69. The minimum atomic E-state index is -0.252. The second-order valence-electron chi connectivity index (χ2n) is 5.33. The van der Waals surface area contributed by atoms with Gasteiger partial charge in [-0.3, -0.25) is 24.1 Å². The minimum Gasteiger partial charge on any atom is -0.354 e. The van der Waals surface area contributed by atoms with E-state index >= 15 is 0 Å². The van der Waals surface area contributed by atoms with Gasteiger partial charge in [0.15, 0.2) is 0 Å². The van der Waals surface area contributed by atoms with Crippen molar-refractivity contribution in [2.45, 2.75) is 26.7 Å². The van der Waals surface area contributed by atoms with E-state index in [1.807, 2.05) is 0 Å². The van der Waals surface area contributed by atoms with Crippen molar-refractivity contribution in [1.29, 1.82) is 0 Å². The van der Waals surface area contributed by atoms with E-state index in [9.17, 15) is 19.2 Å². The maximum Gasteiger partial charge on any atom is 0.230 e. The zero-order valence-corrected chi connectivity index (χ0v) is 12.7. The van der Waals surface area contributed by atoms with E-state index < -0.39 is 0 Å². The lowest BCUT2D eigenvalue weighted by Crippen LogP contribution is -2.50. The molecule has 1 aliphatic rings. The largest absolute Gasteiger partial charge is 0.354 e. The molecule has 1 rings (SSSR count). The van der Waals surface area contributed by atoms with Crippen molar-refractivity contribution < 1.29 is 19.2 Å². The van der Waals surface area contributed by atoms with Crippen LogP contribution < -0.4 is 5.32 Å². The molecule has 0 bridgehead atoms. The molecule has 0 aromatic heterocycles. The highest BCUT2D eigenvalue weighted by Crippen LogP contribution is 2.03. The van der Waals surface area contributed by atoms with Gasteiger partial charge in [-0.05, 0) is 13.8 Å². The van der Waals surface area contributed by atoms with Gasteiger partial charge in [-0.15, -0.1) is 0 Å². The fourth-order valence-electron chi connectivity index (χ4n) is 2.19. The summed E-state index contributed by atoms with van der Waals surface area (Å²) >= 11 is 0. The van der Waals surface area contributed by atoms with E-state index in [1.165, 1.54) is 13.8 Å². The van der Waals surface area contributed by atoms with Gasteiger partial charge in [0.2, 0.25) is 11.8 Å². The van der Waals surface area contributed by atoms with Crippen molar-refractivity contribution in [3.05, 3.63) is 0 Å². The van der Waals surface area contributed by atoms with E-state index in [1.54, 1.807) is 4.90 Å². The number of nitrogens with zero attached hydrogens (tertiary/aromatic N) is 2. The van der Waals surface area contributed by atoms with Gasteiger partial charge < -0.3 is 10.2 Å². The Balaban J connectivity index is 2.19. The second kappa shape index (κ2) is 8.51. The third-order valence-electron chi connectivity index (χ3n) is 3.28. The highest BCUT2D eigenvalue weighted by Gasteiger charge is 2.21. The van der Waals surface area contributed by atoms with Crippen LogP contribution in [-0.2, 0) is 19.2 Å². The lowest BCUT2D eigenvalue weighted by atomic mass is 10.2. The first-order chi connectivity index (χ1) is 9.88. The Labute approximate surface area is 124 Å². The van der Waals surface area contributed by atoms with Crippen LogP contribution >= 0.6 is 0 Å². The zero-order valence-electron chi connectivity index (χ0n) is 12.7. The van der Waals surface area contributed by atoms with Crippen molar-refractivity contribution in [2.24, 2.45) is 0 Å². The molecular formula is C14H23N3O4. The quantitative estimate of drug-likeness (QED) is 0.622. The molecule has 2 amide bonds. The Bertz CT molecular complexity index is 412. The first kappa shape index (κ1) is 17.3. The van der Waals surface area contributed by atoms with Gasteiger partial charge in [-0.25, -0.2) is 0 Å². The van der Waals surface area contributed by atoms with Crippen LogP contribution in [-0.4, -0.2) is 72.4 Å². The summed E-state index contributed by atoms with van der Waals surface area (Å²) in [6, 6.07) is 0. The summed E-state index contributed by atoms with van der Waals surface area (Å²) in [4.78, 5) is 48.6. The highest BCUT2D eigenvalue weighted by atomic mass is 16.2. The van der Waals surface area contributed by atoms with E-state index in [2.05, 4.69) is 10.2 Å². The van der Waals surface area contributed by atoms with Crippen molar-refractivity contribution >= 4 is 23.4 Å². The summed E-state index contributed by atoms with van der Waals surface area (Å²) in [6.45, 7) is 6.65. The van der Waals surface area contributed by atoms with E-state index in [4.69, 9.17) is 0 Å². The van der Waals surface area contributed by atoms with Gasteiger partial charge in [0, 0.05) is 39.3 Å². The monoisotopic (exact) mass is 297 g/mol. The number of ketones is 2. The van der Waals surface area contributed by atoms with Crippen molar-refractivity contribution in [2.75, 3.05) is 39.3 Å². The second-order valence-corrected chi connectivity index (χ2v) is 5.33. The standard InChI is InChI=1S/C14H23N3O4/c1-11(18)9-13(20)15-3-4-16-5-7-17(8-6-16)14(21)10-12(2)19/h3-10H2,1-2H3,(H,15,20). The topological polar surface area (TPSA) is 86.8 Å². The van der Waals surface area contributed by atoms with E-state index in [0.29, 0.717) is 26.2 Å². The van der Waals surface area contributed by atoms with Gasteiger partial charge in [0.1, 0.15) is 11.6 Å². The highest BCUT2D eigenvalue weighted by molar-refractivity contribution is 5.97. The van der Waals surface area contributed by atoms with Crippen LogP contribution in [0.25, 0.3) is 0 Å². The van der Waals surface area contributed by atoms with Gasteiger partial charge in [-0.2, -0.15) is 0 Å². The number of carbonyl (C=O) groups is 4. The Morgan fingerprint density at radius 1 is 0.905 bits per heavy atom. The van der Waals surface area contributed by atoms with Crippen LogP contribution in [0, 0.1) is 0 Å². The molecular weight excluding hydrogens is 274 g/mol. The summed E-state index contributed by atoms with van der Waals surface area (Å²) in [6.07, 6.45) is -0.103. The molecule has 1 N–H and O–H groups in total. The number of carbonyl (C=O) groups excluding carboxylic acids is 4. The number of nitrogens with one attached hydrogen (secondary N) is 1. The Kier molecular flexibility index (Phi) is 7.01. The van der Waals surface area contributed by atoms with Crippen LogP contribution in [0.15, 0.2) is 0 Å². The van der Waals surface area contributed by atoms with E-state index in [-0.39, 0.29) is 36.2 Å². The number of amides is 2. The fraction of sp³-hybridized carbons (Fsp3) is 0.714. The molecule has 0 unspecified atom stereocenters. The maximum atomic E-state index is 11.7. The van der Waals surface area contributed by atoms with Crippen molar-refractivity contribution in [1.82, 2.24) is 15.1 Å². The number of hydrogen-bond donors (Lipinski definition) is 1. The summed E-state index contributed by atoms with van der Waals surface area (Å²) in [7, 11) is 0. The number of hydrogen-bond acceptors (Lipinski definition) is 5. The van der Waals surface area contributed by atoms with Crippen LogP contribution in [0.4, 0.5) is 0 Å². The molecule has 1 saturated heterocycles. The lowest BCUT2D eigenvalue weighted by Gasteiger charge is -2.34. The Morgan fingerprint density at radius 2 is 1.48 bits per heavy atom. The minimum absolute atomic E-state index is 0.0267. The normalized spacial score (nSPS) is 15.6. The van der Waals surface area contributed by atoms with E-state index in [0.717, 1.165) is 13.1 Å². The summed E-state index contributed by atoms with van der Waals surface area (Å²) in [5.74, 6) is -0.629. The first-order valence-corrected chi connectivity index (χ1v) is 7.14. The lowest BCUT2D eigenvalue weighted by molar-refractivity contribution is -0.136. The molecule has 7 nitrogen and oxygen atoms in total. The van der Waals surface area contributed by atoms with Crippen LogP contribution in [0.3, 0.4) is 0 Å². The smallest absolute Gasteiger partial charge is 0.230 e. The average Bonchev–Trinajstić information content (AvgIpc) is 2.37. The number of Topliss-reactive ketones (excluding diaryl/α,β-unsaturated/α-hetero) is 2. The zero-order chi connectivity index (χ0) is 15.8. The van der Waals surface area contributed by atoms with Gasteiger partial charge in [0.25, 0.3) is 0 Å². The van der Waals surface area contributed by atoms with Gasteiger partial charge >= 0.3 is 0 Å². The summed E-state index contributed by atoms with van der Waals surface area (Å²) < 4.78 is 0. The van der Waals surface area contributed by atoms with Gasteiger partial charge in [-0.1, -0.05) is 0 Å². The predicted molar refractivity (Wildman–Crippen MR) is 76.6 cm³/mol. The molecule has 21 heavy (non-hydrogen) atoms. The Hall–Kier alpha value is -1.76. The molecule has 0 saturated carbocycles. The molecule has 0 atom stereocenters. The van der Waals surface area contributed by atoms with Crippen LogP contribution in [0.1, 0.15) is 26.7 Å². The SMILES string of the molecule is CC(=O)CC(=O)NCCN1CCN(C(=O)CC(C)=O)CC1. The molecule has 0 aliphatic carbocycles. The van der Waals surface area contributed by atoms with Crippen LogP contribution in [0.5, 0.6) is 0 Å². The third kappa shape index (κ3) is 6.99. The molecule has 0 radical (unpaired) electrons. The molecule has 0 aromatic carbocycles. The molecule has 1 fully saturated rings. The molecule has 118 valence electrons. The number of rotatable bonds is 7. The maximum absolute atomic E-state index is 11.7. The van der Waals surface area contributed by atoms with Gasteiger partial charge in [0.05, 0.1) is 12.8 Å².